The van der Waals surface area contributed by atoms with E-state index < -0.39 is 0 Å². The summed E-state index contributed by atoms with van der Waals surface area (Å²) in [6.45, 7) is 6.35. The molecule has 2 saturated heterocycles. The smallest absolute Gasteiger partial charge is 0.164 e. The zero-order valence-electron chi connectivity index (χ0n) is 22.8. The lowest BCUT2D eigenvalue weighted by Gasteiger charge is -2.38. The van der Waals surface area contributed by atoms with Gasteiger partial charge in [0.1, 0.15) is 11.5 Å². The summed E-state index contributed by atoms with van der Waals surface area (Å²) in [5, 5.41) is 4.60. The quantitative estimate of drug-likeness (QED) is 0.382. The van der Waals surface area contributed by atoms with Crippen LogP contribution in [-0.2, 0) is 5.41 Å². The van der Waals surface area contributed by atoms with Crippen molar-refractivity contribution in [1.82, 2.24) is 19.8 Å². The number of piperidine rings is 1. The zero-order chi connectivity index (χ0) is 26.6. The van der Waals surface area contributed by atoms with Gasteiger partial charge >= 0.3 is 0 Å². The van der Waals surface area contributed by atoms with E-state index in [1.807, 2.05) is 0 Å². The van der Waals surface area contributed by atoms with Crippen LogP contribution in [0.25, 0.3) is 22.2 Å². The first kappa shape index (κ1) is 24.4. The van der Waals surface area contributed by atoms with Gasteiger partial charge in [0.2, 0.25) is 0 Å². The number of nitrogens with zero attached hydrogens (tertiary/aromatic N) is 4. The summed E-state index contributed by atoms with van der Waals surface area (Å²) in [7, 11) is 4.35. The molecule has 2 fully saturated rings. The molecule has 2 aliphatic heterocycles. The fourth-order valence-electron chi connectivity index (χ4n) is 6.69. The molecule has 3 aliphatic rings. The summed E-state index contributed by atoms with van der Waals surface area (Å²) in [5.74, 6) is 1.12. The zero-order valence-corrected chi connectivity index (χ0v) is 22.8. The number of aromatic amines is 1. The molecule has 7 heteroatoms. The average molecular weight is 521 g/mol. The van der Waals surface area contributed by atoms with Gasteiger partial charge < -0.3 is 25.0 Å². The van der Waals surface area contributed by atoms with E-state index in [9.17, 15) is 4.79 Å². The summed E-state index contributed by atoms with van der Waals surface area (Å²) in [6, 6.07) is 19.2. The van der Waals surface area contributed by atoms with Crippen molar-refractivity contribution < 1.29 is 4.79 Å². The van der Waals surface area contributed by atoms with Gasteiger partial charge in [-0.2, -0.15) is 0 Å². The normalized spacial score (nSPS) is 19.6. The predicted molar refractivity (Wildman–Crippen MR) is 158 cm³/mol. The van der Waals surface area contributed by atoms with Crippen LogP contribution in [0.15, 0.2) is 60.8 Å². The summed E-state index contributed by atoms with van der Waals surface area (Å²) < 4.78 is 0. The number of aromatic nitrogens is 2. The number of H-pyrrole nitrogens is 1. The number of likely N-dealkylation sites (N-methyl/N-ethyl adjacent to an activating group) is 1. The predicted octanol–water partition coefficient (Wildman–Crippen LogP) is 5.28. The Labute approximate surface area is 229 Å². The van der Waals surface area contributed by atoms with Gasteiger partial charge in [0, 0.05) is 72.1 Å². The molecule has 2 aromatic heterocycles. The number of benzene rings is 2. The molecule has 2 N–H and O–H groups in total. The number of carbonyl (C=O) groups excluding carboxylic acids is 1. The minimum absolute atomic E-state index is 0.00492. The molecule has 200 valence electrons. The SMILES string of the molecule is CN1CCN(c2cccc(Nc3ccc4c(-c5ccc6c(c5)C5(CCN(C)CC5)CC6=O)c[nH]c4n3)c2)CC1. The van der Waals surface area contributed by atoms with E-state index in [1.165, 1.54) is 11.3 Å². The van der Waals surface area contributed by atoms with Gasteiger partial charge in [0.15, 0.2) is 5.78 Å². The van der Waals surface area contributed by atoms with Gasteiger partial charge in [0.05, 0.1) is 0 Å². The van der Waals surface area contributed by atoms with Gasteiger partial charge in [-0.05, 0) is 87.6 Å². The van der Waals surface area contributed by atoms with E-state index in [1.54, 1.807) is 0 Å². The number of likely N-dealkylation sites (tertiary alicyclic amines) is 1. The van der Waals surface area contributed by atoms with E-state index in [4.69, 9.17) is 4.98 Å². The molecule has 7 nitrogen and oxygen atoms in total. The van der Waals surface area contributed by atoms with Crippen LogP contribution in [0.4, 0.5) is 17.2 Å². The van der Waals surface area contributed by atoms with Crippen LogP contribution in [-0.4, -0.2) is 78.9 Å². The number of hydrogen-bond donors (Lipinski definition) is 2. The number of hydrogen-bond acceptors (Lipinski definition) is 6. The molecular weight excluding hydrogens is 484 g/mol. The highest BCUT2D eigenvalue weighted by Gasteiger charge is 2.44. The Bertz CT molecular complexity index is 1540. The van der Waals surface area contributed by atoms with Gasteiger partial charge in [-0.15, -0.1) is 0 Å². The third kappa shape index (κ3) is 4.39. The Morgan fingerprint density at radius 1 is 0.872 bits per heavy atom. The number of pyridine rings is 1. The Kier molecular flexibility index (Phi) is 5.94. The van der Waals surface area contributed by atoms with Crippen molar-refractivity contribution in [2.24, 2.45) is 0 Å². The number of rotatable bonds is 4. The molecule has 39 heavy (non-hydrogen) atoms. The molecule has 0 atom stereocenters. The highest BCUT2D eigenvalue weighted by Crippen LogP contribution is 2.47. The van der Waals surface area contributed by atoms with E-state index in [0.29, 0.717) is 12.2 Å². The fraction of sp³-hybridized carbons (Fsp3) is 0.375. The van der Waals surface area contributed by atoms with Crippen LogP contribution in [0.2, 0.25) is 0 Å². The first-order valence-electron chi connectivity index (χ1n) is 14.1. The van der Waals surface area contributed by atoms with Crippen molar-refractivity contribution in [2.75, 3.05) is 63.6 Å². The minimum Gasteiger partial charge on any atom is -0.369 e. The molecule has 1 spiro atoms. The van der Waals surface area contributed by atoms with Crippen molar-refractivity contribution in [3.05, 3.63) is 71.9 Å². The maximum atomic E-state index is 12.9. The van der Waals surface area contributed by atoms with Gasteiger partial charge in [-0.3, -0.25) is 4.79 Å². The van der Waals surface area contributed by atoms with Crippen molar-refractivity contribution in [3.8, 4) is 11.1 Å². The Morgan fingerprint density at radius 2 is 1.67 bits per heavy atom. The van der Waals surface area contributed by atoms with Crippen LogP contribution in [0.5, 0.6) is 0 Å². The number of piperazine rings is 1. The van der Waals surface area contributed by atoms with Crippen molar-refractivity contribution in [2.45, 2.75) is 24.7 Å². The topological polar surface area (TPSA) is 67.5 Å². The Hall–Kier alpha value is -3.68. The van der Waals surface area contributed by atoms with Crippen LogP contribution in [0.1, 0.15) is 35.2 Å². The van der Waals surface area contributed by atoms with Crippen LogP contribution in [0.3, 0.4) is 0 Å². The van der Waals surface area contributed by atoms with Crippen LogP contribution >= 0.6 is 0 Å². The molecule has 0 unspecified atom stereocenters. The van der Waals surface area contributed by atoms with E-state index >= 15 is 0 Å². The lowest BCUT2D eigenvalue weighted by atomic mass is 9.73. The number of fused-ring (bicyclic) bond motifs is 3. The fourth-order valence-corrected chi connectivity index (χ4v) is 6.69. The van der Waals surface area contributed by atoms with E-state index in [2.05, 4.69) is 99.9 Å². The number of Topliss-reactive ketones (excluding diaryl/α,β-unsaturated/α-hetero) is 1. The number of carbonyl (C=O) groups is 1. The Balaban J connectivity index is 1.15. The lowest BCUT2D eigenvalue weighted by Crippen LogP contribution is -2.44. The summed E-state index contributed by atoms with van der Waals surface area (Å²) in [5.41, 5.74) is 7.59. The van der Waals surface area contributed by atoms with Crippen molar-refractivity contribution >= 4 is 34.0 Å². The standard InChI is InChI=1S/C32H36N6O/c1-36-12-10-32(11-13-36)20-29(39)26-7-6-22(18-28(26)32)27-21-33-31-25(27)8-9-30(35-31)34-23-4-3-5-24(19-23)38-16-14-37(2)15-17-38/h3-9,18-19,21H,10-17,20H2,1-2H3,(H2,33,34,35). The van der Waals surface area contributed by atoms with Crippen LogP contribution < -0.4 is 10.2 Å². The van der Waals surface area contributed by atoms with Gasteiger partial charge in [-0.1, -0.05) is 18.2 Å². The highest BCUT2D eigenvalue weighted by molar-refractivity contribution is 6.03. The molecular formula is C32H36N6O. The summed E-state index contributed by atoms with van der Waals surface area (Å²) in [6.07, 6.45) is 4.80. The van der Waals surface area contributed by atoms with Gasteiger partial charge in [0.25, 0.3) is 0 Å². The van der Waals surface area contributed by atoms with E-state index in [0.717, 1.165) is 91.3 Å². The van der Waals surface area contributed by atoms with Gasteiger partial charge in [-0.25, -0.2) is 4.98 Å². The maximum absolute atomic E-state index is 12.9. The molecule has 0 bridgehead atoms. The average Bonchev–Trinajstić information content (AvgIpc) is 3.49. The largest absolute Gasteiger partial charge is 0.369 e. The second-order valence-electron chi connectivity index (χ2n) is 11.7. The molecule has 0 saturated carbocycles. The lowest BCUT2D eigenvalue weighted by molar-refractivity contribution is 0.0945. The molecule has 7 rings (SSSR count). The molecule has 4 aromatic rings. The van der Waals surface area contributed by atoms with E-state index in [-0.39, 0.29) is 5.41 Å². The third-order valence-electron chi connectivity index (χ3n) is 9.17. The highest BCUT2D eigenvalue weighted by atomic mass is 16.1. The number of nitrogens with one attached hydrogen (secondary N) is 2. The molecule has 0 amide bonds. The second-order valence-corrected chi connectivity index (χ2v) is 11.7. The molecule has 4 heterocycles. The summed E-state index contributed by atoms with van der Waals surface area (Å²) >= 11 is 0. The first-order valence-corrected chi connectivity index (χ1v) is 14.1. The maximum Gasteiger partial charge on any atom is 0.164 e. The monoisotopic (exact) mass is 520 g/mol. The third-order valence-corrected chi connectivity index (χ3v) is 9.17. The molecule has 0 radical (unpaired) electrons. The van der Waals surface area contributed by atoms with Crippen molar-refractivity contribution in [1.29, 1.82) is 0 Å². The second kappa shape index (κ2) is 9.50. The van der Waals surface area contributed by atoms with Crippen LogP contribution in [0, 0.1) is 0 Å². The first-order chi connectivity index (χ1) is 19.0. The summed E-state index contributed by atoms with van der Waals surface area (Å²) in [4.78, 5) is 28.4. The van der Waals surface area contributed by atoms with Crippen molar-refractivity contribution in [3.63, 3.8) is 0 Å². The molecule has 1 aliphatic carbocycles. The minimum atomic E-state index is -0.00492. The Morgan fingerprint density at radius 3 is 2.49 bits per heavy atom. The number of anilines is 3. The molecule has 2 aromatic carbocycles. The number of ketones is 1.